The molecule has 0 atom stereocenters. The maximum Gasteiger partial charge on any atom is 0.240 e. The van der Waals surface area contributed by atoms with Gasteiger partial charge < -0.3 is 5.11 Å². The molecule has 0 aliphatic heterocycles. The molecule has 1 aliphatic rings. The minimum atomic E-state index is -3.70. The van der Waals surface area contributed by atoms with Gasteiger partial charge in [0.05, 0.1) is 10.5 Å². The lowest BCUT2D eigenvalue weighted by Crippen LogP contribution is -2.29. The Morgan fingerprint density at radius 2 is 2.15 bits per heavy atom. The van der Waals surface area contributed by atoms with Crippen molar-refractivity contribution in [3.05, 3.63) is 29.6 Å². The van der Waals surface area contributed by atoms with E-state index in [9.17, 15) is 12.8 Å². The van der Waals surface area contributed by atoms with Gasteiger partial charge in [-0.1, -0.05) is 18.8 Å². The van der Waals surface area contributed by atoms with Gasteiger partial charge in [0.15, 0.2) is 0 Å². The Bertz CT molecular complexity index is 669. The van der Waals surface area contributed by atoms with Crippen molar-refractivity contribution in [3.8, 4) is 11.8 Å². The number of sulfonamides is 1. The first kappa shape index (κ1) is 15.0. The van der Waals surface area contributed by atoms with Gasteiger partial charge in [0, 0.05) is 6.54 Å². The molecule has 1 aliphatic carbocycles. The number of halogens is 1. The average molecular weight is 297 g/mol. The van der Waals surface area contributed by atoms with Gasteiger partial charge in [-0.15, -0.1) is 0 Å². The third-order valence-corrected chi connectivity index (χ3v) is 4.74. The van der Waals surface area contributed by atoms with E-state index in [1.54, 1.807) is 0 Å². The van der Waals surface area contributed by atoms with E-state index in [4.69, 9.17) is 5.11 Å². The number of hydrogen-bond acceptors (Lipinski definition) is 3. The summed E-state index contributed by atoms with van der Waals surface area (Å²) in [7, 11) is -3.70. The van der Waals surface area contributed by atoms with Gasteiger partial charge in [0.1, 0.15) is 12.4 Å². The lowest BCUT2D eigenvalue weighted by molar-refractivity contribution is 0.350. The standard InChI is InChI=1S/C14H16FNO3S/c1-14(6-7-14)10-16-20(18,19)12-5-4-11(3-2-8-17)13(15)9-12/h4-5,9,16-17H,6-8,10H2,1H3. The summed E-state index contributed by atoms with van der Waals surface area (Å²) in [4.78, 5) is -0.117. The Labute approximate surface area is 118 Å². The van der Waals surface area contributed by atoms with Gasteiger partial charge in [-0.25, -0.2) is 17.5 Å². The van der Waals surface area contributed by atoms with Crippen LogP contribution >= 0.6 is 0 Å². The van der Waals surface area contributed by atoms with E-state index in [1.807, 2.05) is 6.92 Å². The van der Waals surface area contributed by atoms with Gasteiger partial charge in [0.2, 0.25) is 10.0 Å². The number of aliphatic hydroxyl groups excluding tert-OH is 1. The topological polar surface area (TPSA) is 66.4 Å². The van der Waals surface area contributed by atoms with Crippen LogP contribution in [0.1, 0.15) is 25.3 Å². The third-order valence-electron chi connectivity index (χ3n) is 3.35. The first-order valence-corrected chi connectivity index (χ1v) is 7.74. The van der Waals surface area contributed by atoms with Crippen molar-refractivity contribution in [1.82, 2.24) is 4.72 Å². The molecule has 0 amide bonds. The molecule has 0 spiro atoms. The van der Waals surface area contributed by atoms with Crippen LogP contribution in [-0.4, -0.2) is 26.7 Å². The highest BCUT2D eigenvalue weighted by Gasteiger charge is 2.38. The monoisotopic (exact) mass is 297 g/mol. The predicted octanol–water partition coefficient (Wildman–Crippen LogP) is 1.25. The Balaban J connectivity index is 2.17. The predicted molar refractivity (Wildman–Crippen MR) is 72.9 cm³/mol. The van der Waals surface area contributed by atoms with E-state index in [1.165, 1.54) is 12.1 Å². The van der Waals surface area contributed by atoms with Gasteiger partial charge in [0.25, 0.3) is 0 Å². The van der Waals surface area contributed by atoms with Crippen LogP contribution < -0.4 is 4.72 Å². The Hall–Kier alpha value is -1.42. The first-order chi connectivity index (χ1) is 9.36. The summed E-state index contributed by atoms with van der Waals surface area (Å²) in [6.45, 7) is 1.99. The molecule has 2 N–H and O–H groups in total. The van der Waals surface area contributed by atoms with Crippen molar-refractivity contribution >= 4 is 10.0 Å². The van der Waals surface area contributed by atoms with Crippen LogP contribution in [-0.2, 0) is 10.0 Å². The zero-order valence-electron chi connectivity index (χ0n) is 11.1. The molecule has 1 aromatic rings. The van der Waals surface area contributed by atoms with Gasteiger partial charge >= 0.3 is 0 Å². The molecule has 2 rings (SSSR count). The molecule has 0 bridgehead atoms. The summed E-state index contributed by atoms with van der Waals surface area (Å²) in [5, 5.41) is 8.55. The third kappa shape index (κ3) is 3.57. The fourth-order valence-electron chi connectivity index (χ4n) is 1.64. The molecule has 0 aromatic heterocycles. The summed E-state index contributed by atoms with van der Waals surface area (Å²) in [5.41, 5.74) is 0.102. The second kappa shape index (κ2) is 5.52. The van der Waals surface area contributed by atoms with Crippen LogP contribution in [0.2, 0.25) is 0 Å². The van der Waals surface area contributed by atoms with Crippen LogP contribution in [0.3, 0.4) is 0 Å². The SMILES string of the molecule is CC1(CNS(=O)(=O)c2ccc(C#CCO)c(F)c2)CC1. The zero-order valence-corrected chi connectivity index (χ0v) is 11.9. The Morgan fingerprint density at radius 3 is 2.70 bits per heavy atom. The van der Waals surface area contributed by atoms with E-state index in [0.29, 0.717) is 6.54 Å². The van der Waals surface area contributed by atoms with Crippen molar-refractivity contribution in [2.24, 2.45) is 5.41 Å². The summed E-state index contributed by atoms with van der Waals surface area (Å²) >= 11 is 0. The lowest BCUT2D eigenvalue weighted by Gasteiger charge is -2.11. The quantitative estimate of drug-likeness (QED) is 0.822. The Kier molecular flexibility index (Phi) is 4.14. The molecule has 108 valence electrons. The summed E-state index contributed by atoms with van der Waals surface area (Å²) in [6, 6.07) is 3.55. The normalized spacial score (nSPS) is 16.4. The number of nitrogens with one attached hydrogen (secondary N) is 1. The molecule has 1 aromatic carbocycles. The van der Waals surface area contributed by atoms with Crippen LogP contribution in [0.15, 0.2) is 23.1 Å². The molecule has 4 nitrogen and oxygen atoms in total. The minimum absolute atomic E-state index is 0.0398. The highest BCUT2D eigenvalue weighted by Crippen LogP contribution is 2.44. The molecule has 20 heavy (non-hydrogen) atoms. The number of rotatable bonds is 4. The molecule has 1 saturated carbocycles. The van der Waals surface area contributed by atoms with Crippen molar-refractivity contribution < 1.29 is 17.9 Å². The molecule has 0 unspecified atom stereocenters. The van der Waals surface area contributed by atoms with E-state index in [2.05, 4.69) is 16.6 Å². The van der Waals surface area contributed by atoms with Crippen molar-refractivity contribution in [3.63, 3.8) is 0 Å². The molecular weight excluding hydrogens is 281 g/mol. The van der Waals surface area contributed by atoms with Gasteiger partial charge in [-0.05, 0) is 36.5 Å². The highest BCUT2D eigenvalue weighted by molar-refractivity contribution is 7.89. The molecular formula is C14H16FNO3S. The highest BCUT2D eigenvalue weighted by atomic mass is 32.2. The summed E-state index contributed by atoms with van der Waals surface area (Å²) in [6.07, 6.45) is 2.00. The van der Waals surface area contributed by atoms with Crippen molar-refractivity contribution in [2.75, 3.05) is 13.2 Å². The molecule has 6 heteroatoms. The molecule has 0 saturated heterocycles. The molecule has 0 heterocycles. The first-order valence-electron chi connectivity index (χ1n) is 6.25. The van der Waals surface area contributed by atoms with Gasteiger partial charge in [-0.2, -0.15) is 0 Å². The Morgan fingerprint density at radius 1 is 1.45 bits per heavy atom. The van der Waals surface area contributed by atoms with Crippen LogP contribution in [0.4, 0.5) is 4.39 Å². The number of benzene rings is 1. The smallest absolute Gasteiger partial charge is 0.240 e. The zero-order chi connectivity index (χ0) is 14.8. The van der Waals surface area contributed by atoms with Crippen LogP contribution in [0.25, 0.3) is 0 Å². The fourth-order valence-corrected chi connectivity index (χ4v) is 2.85. The van der Waals surface area contributed by atoms with E-state index in [-0.39, 0.29) is 22.5 Å². The summed E-state index contributed by atoms with van der Waals surface area (Å²) in [5.74, 6) is 4.02. The second-order valence-corrected chi connectivity index (χ2v) is 7.00. The molecule has 0 radical (unpaired) electrons. The van der Waals surface area contributed by atoms with E-state index in [0.717, 1.165) is 18.9 Å². The molecule has 1 fully saturated rings. The maximum atomic E-state index is 13.7. The van der Waals surface area contributed by atoms with Crippen molar-refractivity contribution in [1.29, 1.82) is 0 Å². The van der Waals surface area contributed by atoms with E-state index < -0.39 is 15.8 Å². The summed E-state index contributed by atoms with van der Waals surface area (Å²) < 4.78 is 40.3. The maximum absolute atomic E-state index is 13.7. The van der Waals surface area contributed by atoms with E-state index >= 15 is 0 Å². The van der Waals surface area contributed by atoms with Crippen LogP contribution in [0.5, 0.6) is 0 Å². The fraction of sp³-hybridized carbons (Fsp3) is 0.429. The lowest BCUT2D eigenvalue weighted by atomic mass is 10.2. The minimum Gasteiger partial charge on any atom is -0.384 e. The van der Waals surface area contributed by atoms with Gasteiger partial charge in [-0.3, -0.25) is 0 Å². The average Bonchev–Trinajstić information content (AvgIpc) is 3.14. The largest absolute Gasteiger partial charge is 0.384 e. The number of hydrogen-bond donors (Lipinski definition) is 2. The van der Waals surface area contributed by atoms with Crippen molar-refractivity contribution in [2.45, 2.75) is 24.7 Å². The second-order valence-electron chi connectivity index (χ2n) is 5.24. The van der Waals surface area contributed by atoms with Crippen LogP contribution in [0, 0.1) is 23.1 Å². The number of aliphatic hydroxyl groups is 1.